The maximum Gasteiger partial charge on any atom is 0.275 e. The van der Waals surface area contributed by atoms with Crippen LogP contribution in [0.15, 0.2) is 28.8 Å². The fraction of sp³-hybridized carbons (Fsp3) is 0.316. The molecule has 4 aromatic rings. The minimum atomic E-state index is 0.274. The molecule has 5 heterocycles. The van der Waals surface area contributed by atoms with Crippen LogP contribution in [-0.2, 0) is 19.6 Å². The quantitative estimate of drug-likeness (QED) is 0.541. The van der Waals surface area contributed by atoms with Crippen molar-refractivity contribution >= 4 is 5.65 Å². The lowest BCUT2D eigenvalue weighted by Crippen LogP contribution is -2.24. The van der Waals surface area contributed by atoms with Gasteiger partial charge in [0.2, 0.25) is 5.82 Å². The number of ether oxygens (including phenoxy) is 2. The molecule has 10 heteroatoms. The third-order valence-electron chi connectivity index (χ3n) is 4.74. The summed E-state index contributed by atoms with van der Waals surface area (Å²) in [5.41, 5.74) is 4.25. The topological polar surface area (TPSA) is 112 Å². The number of hydrogen-bond donors (Lipinski definition) is 1. The smallest absolute Gasteiger partial charge is 0.275 e. The predicted octanol–water partition coefficient (Wildman–Crippen LogP) is 1.72. The Morgan fingerprint density at radius 1 is 1.24 bits per heavy atom. The van der Waals surface area contributed by atoms with Gasteiger partial charge in [-0.05, 0) is 18.6 Å². The largest absolute Gasteiger partial charge is 0.491 e. The molecule has 1 N–H and O–H groups in total. The lowest BCUT2D eigenvalue weighted by Gasteiger charge is -2.17. The zero-order valence-electron chi connectivity index (χ0n) is 16.0. The van der Waals surface area contributed by atoms with Crippen LogP contribution in [0, 0.1) is 6.92 Å². The Morgan fingerprint density at radius 3 is 3.00 bits per heavy atom. The average Bonchev–Trinajstić information content (AvgIpc) is 3.36. The Hall–Kier alpha value is -3.53. The molecule has 0 saturated carbocycles. The number of rotatable bonds is 5. The van der Waals surface area contributed by atoms with E-state index in [0.717, 1.165) is 30.9 Å². The Morgan fingerprint density at radius 2 is 2.17 bits per heavy atom. The first kappa shape index (κ1) is 17.6. The van der Waals surface area contributed by atoms with E-state index < -0.39 is 0 Å². The molecule has 1 aliphatic rings. The summed E-state index contributed by atoms with van der Waals surface area (Å²) in [6, 6.07) is 7.55. The van der Waals surface area contributed by atoms with Crippen LogP contribution >= 0.6 is 0 Å². The number of hydrogen-bond acceptors (Lipinski definition) is 9. The van der Waals surface area contributed by atoms with Crippen molar-refractivity contribution in [1.29, 1.82) is 0 Å². The SMILES string of the molecule is COc1cc2nnc(-c3cc(C)on3)n2nc1OCc1ccc2c(n1)CCNC2. The molecule has 0 saturated heterocycles. The molecule has 10 nitrogen and oxygen atoms in total. The summed E-state index contributed by atoms with van der Waals surface area (Å²) in [6.07, 6.45) is 0.915. The molecule has 148 valence electrons. The molecule has 29 heavy (non-hydrogen) atoms. The van der Waals surface area contributed by atoms with Gasteiger partial charge in [-0.2, -0.15) is 4.52 Å². The van der Waals surface area contributed by atoms with Crippen molar-refractivity contribution in [2.45, 2.75) is 26.5 Å². The Kier molecular flexibility index (Phi) is 4.32. The monoisotopic (exact) mass is 393 g/mol. The van der Waals surface area contributed by atoms with E-state index in [4.69, 9.17) is 19.0 Å². The third-order valence-corrected chi connectivity index (χ3v) is 4.74. The number of pyridine rings is 1. The normalized spacial score (nSPS) is 13.4. The summed E-state index contributed by atoms with van der Waals surface area (Å²) < 4.78 is 18.1. The minimum absolute atomic E-state index is 0.274. The zero-order valence-corrected chi connectivity index (χ0v) is 16.0. The van der Waals surface area contributed by atoms with E-state index in [0.29, 0.717) is 34.6 Å². The van der Waals surface area contributed by atoms with Crippen LogP contribution in [0.4, 0.5) is 0 Å². The van der Waals surface area contributed by atoms with Crippen LogP contribution < -0.4 is 14.8 Å². The molecule has 5 rings (SSSR count). The number of methoxy groups -OCH3 is 1. The number of nitrogens with zero attached hydrogens (tertiary/aromatic N) is 6. The van der Waals surface area contributed by atoms with E-state index in [1.54, 1.807) is 23.8 Å². The van der Waals surface area contributed by atoms with Crippen LogP contribution in [0.3, 0.4) is 0 Å². The van der Waals surface area contributed by atoms with Gasteiger partial charge in [-0.1, -0.05) is 11.2 Å². The first-order chi connectivity index (χ1) is 14.2. The fourth-order valence-electron chi connectivity index (χ4n) is 3.28. The van der Waals surface area contributed by atoms with E-state index in [1.807, 2.05) is 13.0 Å². The third kappa shape index (κ3) is 3.27. The Labute approximate surface area is 165 Å². The second-order valence-corrected chi connectivity index (χ2v) is 6.76. The first-order valence-electron chi connectivity index (χ1n) is 9.26. The summed E-state index contributed by atoms with van der Waals surface area (Å²) in [7, 11) is 1.56. The van der Waals surface area contributed by atoms with Gasteiger partial charge in [0, 0.05) is 37.3 Å². The summed E-state index contributed by atoms with van der Waals surface area (Å²) in [5.74, 6) is 1.93. The van der Waals surface area contributed by atoms with Gasteiger partial charge in [0.25, 0.3) is 5.88 Å². The van der Waals surface area contributed by atoms with Gasteiger partial charge in [0.1, 0.15) is 12.4 Å². The summed E-state index contributed by atoms with van der Waals surface area (Å²) in [6.45, 7) is 3.88. The van der Waals surface area contributed by atoms with Crippen molar-refractivity contribution in [3.8, 4) is 23.1 Å². The molecular weight excluding hydrogens is 374 g/mol. The van der Waals surface area contributed by atoms with Crippen molar-refractivity contribution < 1.29 is 14.0 Å². The van der Waals surface area contributed by atoms with Gasteiger partial charge in [0.05, 0.1) is 12.8 Å². The minimum Gasteiger partial charge on any atom is -0.491 e. The molecule has 0 aliphatic carbocycles. The second-order valence-electron chi connectivity index (χ2n) is 6.76. The lowest BCUT2D eigenvalue weighted by atomic mass is 10.1. The summed E-state index contributed by atoms with van der Waals surface area (Å²) in [4.78, 5) is 4.72. The molecule has 0 atom stereocenters. The van der Waals surface area contributed by atoms with Gasteiger partial charge < -0.3 is 19.3 Å². The molecular formula is C19H19N7O3. The number of fused-ring (bicyclic) bond motifs is 2. The molecule has 0 fully saturated rings. The molecule has 1 aliphatic heterocycles. The van der Waals surface area contributed by atoms with Crippen molar-refractivity contribution in [2.75, 3.05) is 13.7 Å². The van der Waals surface area contributed by atoms with E-state index in [-0.39, 0.29) is 6.61 Å². The predicted molar refractivity (Wildman–Crippen MR) is 102 cm³/mol. The second kappa shape index (κ2) is 7.13. The van der Waals surface area contributed by atoms with Gasteiger partial charge >= 0.3 is 0 Å². The summed E-state index contributed by atoms with van der Waals surface area (Å²) >= 11 is 0. The Bertz CT molecular complexity index is 1180. The highest BCUT2D eigenvalue weighted by atomic mass is 16.5. The van der Waals surface area contributed by atoms with Gasteiger partial charge in [-0.25, -0.2) is 0 Å². The van der Waals surface area contributed by atoms with Crippen LogP contribution in [0.2, 0.25) is 0 Å². The van der Waals surface area contributed by atoms with E-state index in [2.05, 4.69) is 31.8 Å². The number of aryl methyl sites for hydroxylation is 1. The van der Waals surface area contributed by atoms with Crippen molar-refractivity contribution in [3.05, 3.63) is 47.0 Å². The van der Waals surface area contributed by atoms with Crippen LogP contribution in [0.1, 0.15) is 22.7 Å². The van der Waals surface area contributed by atoms with Gasteiger partial charge in [-0.3, -0.25) is 4.98 Å². The molecule has 0 radical (unpaired) electrons. The summed E-state index contributed by atoms with van der Waals surface area (Å²) in [5, 5.41) is 20.1. The molecule has 0 aromatic carbocycles. The van der Waals surface area contributed by atoms with E-state index in [1.165, 1.54) is 5.56 Å². The average molecular weight is 393 g/mol. The zero-order chi connectivity index (χ0) is 19.8. The molecule has 0 amide bonds. The lowest BCUT2D eigenvalue weighted by molar-refractivity contribution is 0.264. The highest BCUT2D eigenvalue weighted by molar-refractivity contribution is 5.56. The fourth-order valence-corrected chi connectivity index (χ4v) is 3.28. The van der Waals surface area contributed by atoms with Gasteiger partial charge in [0.15, 0.2) is 17.1 Å². The molecule has 0 spiro atoms. The van der Waals surface area contributed by atoms with Gasteiger partial charge in [-0.15, -0.1) is 15.3 Å². The van der Waals surface area contributed by atoms with Crippen molar-refractivity contribution in [1.82, 2.24) is 35.3 Å². The molecule has 4 aromatic heterocycles. The standard InChI is InChI=1S/C19H19N7O3/c1-11-7-15(25-29-11)18-23-22-17-8-16(27-2)19(24-26(17)18)28-10-13-4-3-12-9-20-6-5-14(12)21-13/h3-4,7-8,20H,5-6,9-10H2,1-2H3. The van der Waals surface area contributed by atoms with E-state index in [9.17, 15) is 0 Å². The van der Waals surface area contributed by atoms with Crippen LogP contribution in [0.25, 0.3) is 17.2 Å². The Balaban J connectivity index is 1.45. The van der Waals surface area contributed by atoms with Crippen molar-refractivity contribution in [2.24, 2.45) is 0 Å². The van der Waals surface area contributed by atoms with Crippen molar-refractivity contribution in [3.63, 3.8) is 0 Å². The number of aromatic nitrogens is 6. The van der Waals surface area contributed by atoms with E-state index >= 15 is 0 Å². The first-order valence-corrected chi connectivity index (χ1v) is 9.26. The maximum atomic E-state index is 5.94. The van der Waals surface area contributed by atoms with Crippen LogP contribution in [0.5, 0.6) is 11.6 Å². The molecule has 0 unspecified atom stereocenters. The maximum absolute atomic E-state index is 5.94. The van der Waals surface area contributed by atoms with Crippen LogP contribution in [-0.4, -0.2) is 43.6 Å². The molecule has 0 bridgehead atoms. The number of nitrogens with one attached hydrogen (secondary N) is 1. The highest BCUT2D eigenvalue weighted by Crippen LogP contribution is 2.28. The highest BCUT2D eigenvalue weighted by Gasteiger charge is 2.18.